The van der Waals surface area contributed by atoms with E-state index in [0.29, 0.717) is 13.1 Å². The summed E-state index contributed by atoms with van der Waals surface area (Å²) < 4.78 is 5.35. The highest BCUT2D eigenvalue weighted by molar-refractivity contribution is 5.86. The first-order chi connectivity index (χ1) is 11.8. The van der Waals surface area contributed by atoms with E-state index in [-0.39, 0.29) is 6.03 Å². The number of ether oxygens (including phenoxy) is 1. The molecule has 128 valence electrons. The molecule has 2 amide bonds. The second-order valence-corrected chi connectivity index (χ2v) is 6.21. The third kappa shape index (κ3) is 4.69. The molecule has 1 heterocycles. The zero-order chi connectivity index (χ0) is 16.6. The van der Waals surface area contributed by atoms with E-state index < -0.39 is 0 Å². The van der Waals surface area contributed by atoms with Crippen LogP contribution in [0.1, 0.15) is 12.0 Å². The number of quaternary nitrogens is 1. The van der Waals surface area contributed by atoms with E-state index in [4.69, 9.17) is 4.74 Å². The van der Waals surface area contributed by atoms with E-state index in [9.17, 15) is 4.79 Å². The van der Waals surface area contributed by atoms with Gasteiger partial charge < -0.3 is 20.3 Å². The van der Waals surface area contributed by atoms with Gasteiger partial charge in [-0.05, 0) is 16.3 Å². The minimum Gasteiger partial charge on any atom is -0.370 e. The van der Waals surface area contributed by atoms with Gasteiger partial charge in [-0.25, -0.2) is 4.79 Å². The van der Waals surface area contributed by atoms with Gasteiger partial charge in [0.15, 0.2) is 0 Å². The second-order valence-electron chi connectivity index (χ2n) is 6.21. The molecule has 0 unspecified atom stereocenters. The number of urea groups is 1. The molecule has 0 saturated carbocycles. The molecule has 1 aliphatic rings. The second kappa shape index (κ2) is 8.66. The maximum atomic E-state index is 12.0. The molecule has 3 N–H and O–H groups in total. The highest BCUT2D eigenvalue weighted by atomic mass is 16.5. The predicted octanol–water partition coefficient (Wildman–Crippen LogP) is 0.944. The number of amides is 2. The number of hydrogen-bond donors (Lipinski definition) is 3. The quantitative estimate of drug-likeness (QED) is 0.692. The summed E-state index contributed by atoms with van der Waals surface area (Å²) in [5.74, 6) is 0. The molecule has 0 atom stereocenters. The zero-order valence-corrected chi connectivity index (χ0v) is 14.0. The van der Waals surface area contributed by atoms with Crippen LogP contribution in [0, 0.1) is 0 Å². The maximum absolute atomic E-state index is 12.0. The first-order valence-electron chi connectivity index (χ1n) is 8.72. The summed E-state index contributed by atoms with van der Waals surface area (Å²) in [7, 11) is 0. The minimum atomic E-state index is -0.0973. The Labute approximate surface area is 143 Å². The Balaban J connectivity index is 1.39. The van der Waals surface area contributed by atoms with Gasteiger partial charge in [-0.2, -0.15) is 0 Å². The number of fused-ring (bicyclic) bond motifs is 1. The summed E-state index contributed by atoms with van der Waals surface area (Å²) >= 11 is 0. The van der Waals surface area contributed by atoms with Crippen LogP contribution in [0.2, 0.25) is 0 Å². The van der Waals surface area contributed by atoms with Crippen LogP contribution in [0.4, 0.5) is 4.79 Å². The summed E-state index contributed by atoms with van der Waals surface area (Å²) in [6.07, 6.45) is 0.997. The Morgan fingerprint density at radius 3 is 2.71 bits per heavy atom. The van der Waals surface area contributed by atoms with Gasteiger partial charge in [0, 0.05) is 19.5 Å². The summed E-state index contributed by atoms with van der Waals surface area (Å²) in [6.45, 7) is 6.21. The van der Waals surface area contributed by atoms with Gasteiger partial charge in [0.25, 0.3) is 0 Å². The number of rotatable bonds is 6. The summed E-state index contributed by atoms with van der Waals surface area (Å²) in [6, 6.07) is 14.3. The van der Waals surface area contributed by atoms with Gasteiger partial charge in [-0.3, -0.25) is 0 Å². The van der Waals surface area contributed by atoms with Gasteiger partial charge >= 0.3 is 6.03 Å². The smallest absolute Gasteiger partial charge is 0.315 e. The molecule has 3 rings (SSSR count). The highest BCUT2D eigenvalue weighted by Gasteiger charge is 2.12. The molecule has 5 nitrogen and oxygen atoms in total. The molecule has 1 saturated heterocycles. The Morgan fingerprint density at radius 1 is 1.04 bits per heavy atom. The van der Waals surface area contributed by atoms with Crippen LogP contribution < -0.4 is 15.5 Å². The molecular formula is C19H26N3O2+. The third-order valence-corrected chi connectivity index (χ3v) is 4.51. The fourth-order valence-corrected chi connectivity index (χ4v) is 3.14. The molecule has 0 bridgehead atoms. The standard InChI is InChI=1S/C19H25N3O2/c23-19(20-9-4-10-22-11-13-24-14-12-22)21-15-17-7-3-6-16-5-1-2-8-18(16)17/h1-3,5-8H,4,9-15H2,(H2,20,21,23)/p+1. The molecule has 5 heteroatoms. The summed E-state index contributed by atoms with van der Waals surface area (Å²) in [4.78, 5) is 13.5. The van der Waals surface area contributed by atoms with Crippen LogP contribution in [0.3, 0.4) is 0 Å². The van der Waals surface area contributed by atoms with Crippen molar-refractivity contribution in [3.05, 3.63) is 48.0 Å². The Kier molecular flexibility index (Phi) is 6.04. The van der Waals surface area contributed by atoms with Crippen molar-refractivity contribution in [2.75, 3.05) is 39.4 Å². The number of carbonyl (C=O) groups excluding carboxylic acids is 1. The lowest BCUT2D eigenvalue weighted by Crippen LogP contribution is -3.14. The summed E-state index contributed by atoms with van der Waals surface area (Å²) in [5.41, 5.74) is 1.14. The van der Waals surface area contributed by atoms with Gasteiger partial charge in [0.05, 0.1) is 19.8 Å². The van der Waals surface area contributed by atoms with Gasteiger partial charge in [-0.15, -0.1) is 0 Å². The van der Waals surface area contributed by atoms with Crippen molar-refractivity contribution < 1.29 is 14.4 Å². The van der Waals surface area contributed by atoms with E-state index in [2.05, 4.69) is 34.9 Å². The van der Waals surface area contributed by atoms with E-state index in [1.807, 2.05) is 18.2 Å². The third-order valence-electron chi connectivity index (χ3n) is 4.51. The van der Waals surface area contributed by atoms with Crippen molar-refractivity contribution in [3.8, 4) is 0 Å². The molecule has 0 aromatic heterocycles. The van der Waals surface area contributed by atoms with Crippen LogP contribution in [0.15, 0.2) is 42.5 Å². The lowest BCUT2D eigenvalue weighted by molar-refractivity contribution is -0.908. The van der Waals surface area contributed by atoms with Crippen molar-refractivity contribution in [2.24, 2.45) is 0 Å². The van der Waals surface area contributed by atoms with Crippen molar-refractivity contribution in [3.63, 3.8) is 0 Å². The lowest BCUT2D eigenvalue weighted by atomic mass is 10.0. The van der Waals surface area contributed by atoms with Crippen LogP contribution in [-0.4, -0.2) is 45.4 Å². The Morgan fingerprint density at radius 2 is 1.83 bits per heavy atom. The Bertz CT molecular complexity index is 663. The van der Waals surface area contributed by atoms with Crippen molar-refractivity contribution in [1.82, 2.24) is 10.6 Å². The van der Waals surface area contributed by atoms with Crippen LogP contribution in [-0.2, 0) is 11.3 Å². The number of hydrogen-bond acceptors (Lipinski definition) is 2. The average Bonchev–Trinajstić information content (AvgIpc) is 2.64. The van der Waals surface area contributed by atoms with E-state index in [1.165, 1.54) is 10.8 Å². The van der Waals surface area contributed by atoms with Gasteiger partial charge in [0.1, 0.15) is 13.1 Å². The van der Waals surface area contributed by atoms with Gasteiger partial charge in [0.2, 0.25) is 0 Å². The maximum Gasteiger partial charge on any atom is 0.315 e. The fourth-order valence-electron chi connectivity index (χ4n) is 3.14. The molecule has 0 spiro atoms. The molecule has 0 aliphatic carbocycles. The topological polar surface area (TPSA) is 54.8 Å². The highest BCUT2D eigenvalue weighted by Crippen LogP contribution is 2.18. The first kappa shape index (κ1) is 16.7. The van der Waals surface area contributed by atoms with Gasteiger partial charge in [-0.1, -0.05) is 42.5 Å². The number of benzene rings is 2. The lowest BCUT2D eigenvalue weighted by Gasteiger charge is -2.23. The molecule has 1 fully saturated rings. The number of nitrogens with one attached hydrogen (secondary N) is 3. The normalized spacial score (nSPS) is 15.3. The minimum absolute atomic E-state index is 0.0973. The number of morpholine rings is 1. The number of carbonyl (C=O) groups is 1. The SMILES string of the molecule is O=C(NCCC[NH+]1CCOCC1)NCc1cccc2ccccc12. The Hall–Kier alpha value is -2.11. The van der Waals surface area contributed by atoms with Crippen LogP contribution in [0.5, 0.6) is 0 Å². The van der Waals surface area contributed by atoms with Crippen LogP contribution in [0.25, 0.3) is 10.8 Å². The zero-order valence-electron chi connectivity index (χ0n) is 14.0. The van der Waals surface area contributed by atoms with Crippen molar-refractivity contribution in [2.45, 2.75) is 13.0 Å². The summed E-state index contributed by atoms with van der Waals surface area (Å²) in [5, 5.41) is 8.29. The van der Waals surface area contributed by atoms with Crippen molar-refractivity contribution >= 4 is 16.8 Å². The molecule has 2 aromatic carbocycles. The largest absolute Gasteiger partial charge is 0.370 e. The van der Waals surface area contributed by atoms with Crippen LogP contribution >= 0.6 is 0 Å². The van der Waals surface area contributed by atoms with E-state index in [0.717, 1.165) is 44.8 Å². The molecule has 24 heavy (non-hydrogen) atoms. The monoisotopic (exact) mass is 328 g/mol. The fraction of sp³-hybridized carbons (Fsp3) is 0.421. The van der Waals surface area contributed by atoms with E-state index >= 15 is 0 Å². The molecule has 0 radical (unpaired) electrons. The predicted molar refractivity (Wildman–Crippen MR) is 95.2 cm³/mol. The first-order valence-corrected chi connectivity index (χ1v) is 8.72. The molecule has 2 aromatic rings. The van der Waals surface area contributed by atoms with E-state index in [1.54, 1.807) is 4.90 Å². The average molecular weight is 328 g/mol. The van der Waals surface area contributed by atoms with Crippen molar-refractivity contribution in [1.29, 1.82) is 0 Å². The molecular weight excluding hydrogens is 302 g/mol. The molecule has 1 aliphatic heterocycles.